The van der Waals surface area contributed by atoms with E-state index >= 15 is 0 Å². The van der Waals surface area contributed by atoms with Crippen molar-refractivity contribution in [2.75, 3.05) is 7.11 Å². The first-order valence-corrected chi connectivity index (χ1v) is 9.56. The number of benzene rings is 2. The second kappa shape index (κ2) is 8.59. The monoisotopic (exact) mass is 428 g/mol. The lowest BCUT2D eigenvalue weighted by molar-refractivity contribution is -0.121. The van der Waals surface area contributed by atoms with Crippen LogP contribution in [-0.4, -0.2) is 18.0 Å². The Kier molecular flexibility index (Phi) is 5.70. The van der Waals surface area contributed by atoms with E-state index in [1.54, 1.807) is 36.5 Å². The molecular formula is C23H19F3N2O3. The van der Waals surface area contributed by atoms with Crippen LogP contribution in [0.25, 0.3) is 10.9 Å². The van der Waals surface area contributed by atoms with E-state index in [0.717, 1.165) is 12.1 Å². The average molecular weight is 428 g/mol. The van der Waals surface area contributed by atoms with Crippen LogP contribution in [0.1, 0.15) is 29.2 Å². The molecule has 5 nitrogen and oxygen atoms in total. The molecule has 2 N–H and O–H groups in total. The van der Waals surface area contributed by atoms with Crippen molar-refractivity contribution in [3.8, 4) is 5.75 Å². The molecule has 0 radical (unpaired) electrons. The molecule has 4 aromatic rings. The minimum Gasteiger partial charge on any atom is -0.496 e. The molecule has 8 heteroatoms. The lowest BCUT2D eigenvalue weighted by Gasteiger charge is -2.19. The van der Waals surface area contributed by atoms with Crippen molar-refractivity contribution in [1.82, 2.24) is 10.3 Å². The number of halogens is 3. The maximum atomic E-state index is 14.7. The second-order valence-electron chi connectivity index (χ2n) is 7.00. The Bertz CT molecular complexity index is 1220. The van der Waals surface area contributed by atoms with E-state index in [4.69, 9.17) is 9.15 Å². The number of nitrogens with one attached hydrogen (secondary N) is 2. The smallest absolute Gasteiger partial charge is 0.221 e. The van der Waals surface area contributed by atoms with Crippen LogP contribution in [0, 0.1) is 17.5 Å². The van der Waals surface area contributed by atoms with Crippen molar-refractivity contribution >= 4 is 16.8 Å². The fraction of sp³-hybridized carbons (Fsp3) is 0.174. The molecule has 0 saturated carbocycles. The van der Waals surface area contributed by atoms with Crippen molar-refractivity contribution in [2.24, 2.45) is 0 Å². The van der Waals surface area contributed by atoms with E-state index in [2.05, 4.69) is 10.3 Å². The van der Waals surface area contributed by atoms with Crippen LogP contribution < -0.4 is 10.1 Å². The van der Waals surface area contributed by atoms with Gasteiger partial charge in [0.2, 0.25) is 5.91 Å². The van der Waals surface area contributed by atoms with Gasteiger partial charge in [-0.25, -0.2) is 13.2 Å². The first-order valence-electron chi connectivity index (χ1n) is 9.56. The first-order chi connectivity index (χ1) is 15.0. The van der Waals surface area contributed by atoms with Gasteiger partial charge in [-0.1, -0.05) is 12.1 Å². The molecule has 0 unspecified atom stereocenters. The quantitative estimate of drug-likeness (QED) is 0.406. The zero-order chi connectivity index (χ0) is 22.0. The fourth-order valence-corrected chi connectivity index (χ4v) is 3.68. The Hall–Kier alpha value is -3.68. The largest absolute Gasteiger partial charge is 0.496 e. The Morgan fingerprint density at radius 1 is 1.10 bits per heavy atom. The average Bonchev–Trinajstić information content (AvgIpc) is 3.45. The third-order valence-electron chi connectivity index (χ3n) is 5.16. The molecule has 2 aromatic heterocycles. The molecule has 2 heterocycles. The van der Waals surface area contributed by atoms with Crippen LogP contribution >= 0.6 is 0 Å². The van der Waals surface area contributed by atoms with Crippen LogP contribution in [0.3, 0.4) is 0 Å². The number of amides is 1. The number of methoxy groups -OCH3 is 1. The Morgan fingerprint density at radius 3 is 2.68 bits per heavy atom. The molecule has 4 rings (SSSR count). The number of H-pyrrole nitrogens is 1. The molecule has 2 aromatic carbocycles. The molecule has 1 atom stereocenters. The predicted molar refractivity (Wildman–Crippen MR) is 108 cm³/mol. The number of aromatic nitrogens is 1. The van der Waals surface area contributed by atoms with Gasteiger partial charge in [0.25, 0.3) is 0 Å². The molecular weight excluding hydrogens is 409 g/mol. The summed E-state index contributed by atoms with van der Waals surface area (Å²) in [5.41, 5.74) is 1.11. The molecule has 0 saturated heterocycles. The van der Waals surface area contributed by atoms with Crippen molar-refractivity contribution in [1.29, 1.82) is 0 Å². The third kappa shape index (κ3) is 4.01. The summed E-state index contributed by atoms with van der Waals surface area (Å²) in [6, 6.07) is 10.7. The highest BCUT2D eigenvalue weighted by Gasteiger charge is 2.28. The lowest BCUT2D eigenvalue weighted by Crippen LogP contribution is -2.25. The number of fused-ring (bicyclic) bond motifs is 1. The molecule has 0 bridgehead atoms. The third-order valence-corrected chi connectivity index (χ3v) is 5.16. The Labute approximate surface area is 175 Å². The van der Waals surface area contributed by atoms with Gasteiger partial charge in [0.15, 0.2) is 17.5 Å². The van der Waals surface area contributed by atoms with Crippen LogP contribution in [0.2, 0.25) is 0 Å². The van der Waals surface area contributed by atoms with Crippen LogP contribution in [-0.2, 0) is 11.3 Å². The van der Waals surface area contributed by atoms with E-state index in [9.17, 15) is 18.0 Å². The highest BCUT2D eigenvalue weighted by Crippen LogP contribution is 2.39. The van der Waals surface area contributed by atoms with Crippen LogP contribution in [0.4, 0.5) is 13.2 Å². The first kappa shape index (κ1) is 20.6. The number of ether oxygens (including phenoxy) is 1. The standard InChI is InChI=1S/C23H19F3N2O3/c1-30-19-6-2-5-18-21(19)16(12-27-18)15(14-7-8-17(24)23(26)22(14)25)10-20(29)28-11-13-4-3-9-31-13/h2-9,12,15,27H,10-11H2,1H3,(H,28,29)/t15-/m1/s1. The number of furan rings is 1. The molecule has 0 aliphatic rings. The van der Waals surface area contributed by atoms with Gasteiger partial charge in [0.1, 0.15) is 11.5 Å². The molecule has 1 amide bonds. The minimum atomic E-state index is -1.58. The zero-order valence-corrected chi connectivity index (χ0v) is 16.5. The Morgan fingerprint density at radius 2 is 1.94 bits per heavy atom. The van der Waals surface area contributed by atoms with Gasteiger partial charge < -0.3 is 19.5 Å². The summed E-state index contributed by atoms with van der Waals surface area (Å²) in [6.07, 6.45) is 2.91. The van der Waals surface area contributed by atoms with Gasteiger partial charge in [0.05, 0.1) is 19.9 Å². The predicted octanol–water partition coefficient (Wildman–Crippen LogP) is 5.03. The number of aromatic amines is 1. The fourth-order valence-electron chi connectivity index (χ4n) is 3.68. The highest BCUT2D eigenvalue weighted by molar-refractivity contribution is 5.91. The normalized spacial score (nSPS) is 12.1. The second-order valence-corrected chi connectivity index (χ2v) is 7.00. The molecule has 0 fully saturated rings. The number of carbonyl (C=O) groups excluding carboxylic acids is 1. The SMILES string of the molecule is COc1cccc2[nH]cc([C@H](CC(=O)NCc3ccco3)c3ccc(F)c(F)c3F)c12. The van der Waals surface area contributed by atoms with Gasteiger partial charge in [-0.2, -0.15) is 0 Å². The maximum Gasteiger partial charge on any atom is 0.221 e. The van der Waals surface area contributed by atoms with Crippen molar-refractivity contribution in [3.05, 3.63) is 89.3 Å². The number of hydrogen-bond donors (Lipinski definition) is 2. The minimum absolute atomic E-state index is 0.126. The summed E-state index contributed by atoms with van der Waals surface area (Å²) < 4.78 is 52.9. The summed E-state index contributed by atoms with van der Waals surface area (Å²) in [7, 11) is 1.49. The van der Waals surface area contributed by atoms with Crippen molar-refractivity contribution in [3.63, 3.8) is 0 Å². The van der Waals surface area contributed by atoms with E-state index in [1.807, 2.05) is 0 Å². The number of rotatable bonds is 7. The topological polar surface area (TPSA) is 67.3 Å². The molecule has 160 valence electrons. The maximum absolute atomic E-state index is 14.7. The van der Waals surface area contributed by atoms with Gasteiger partial charge >= 0.3 is 0 Å². The molecule has 0 aliphatic heterocycles. The summed E-state index contributed by atoms with van der Waals surface area (Å²) in [5.74, 6) is -4.43. The van der Waals surface area contributed by atoms with Gasteiger partial charge in [-0.05, 0) is 41.5 Å². The van der Waals surface area contributed by atoms with Crippen LogP contribution in [0.5, 0.6) is 5.75 Å². The van der Waals surface area contributed by atoms with Gasteiger partial charge in [-0.15, -0.1) is 0 Å². The summed E-state index contributed by atoms with van der Waals surface area (Å²) in [6.45, 7) is 0.149. The van der Waals surface area contributed by atoms with Crippen LogP contribution in [0.15, 0.2) is 59.3 Å². The molecule has 31 heavy (non-hydrogen) atoms. The molecule has 0 aliphatic carbocycles. The lowest BCUT2D eigenvalue weighted by atomic mass is 9.87. The van der Waals surface area contributed by atoms with E-state index in [0.29, 0.717) is 28.0 Å². The van der Waals surface area contributed by atoms with Crippen molar-refractivity contribution < 1.29 is 27.1 Å². The Balaban J connectivity index is 1.75. The summed E-state index contributed by atoms with van der Waals surface area (Å²) in [5, 5.41) is 3.34. The van der Waals surface area contributed by atoms with Gasteiger partial charge in [-0.3, -0.25) is 4.79 Å². The highest BCUT2D eigenvalue weighted by atomic mass is 19.2. The van der Waals surface area contributed by atoms with E-state index < -0.39 is 29.3 Å². The van der Waals surface area contributed by atoms with E-state index in [1.165, 1.54) is 13.4 Å². The van der Waals surface area contributed by atoms with Crippen molar-refractivity contribution in [2.45, 2.75) is 18.9 Å². The summed E-state index contributed by atoms with van der Waals surface area (Å²) in [4.78, 5) is 15.8. The summed E-state index contributed by atoms with van der Waals surface area (Å²) >= 11 is 0. The number of carbonyl (C=O) groups is 1. The number of hydrogen-bond acceptors (Lipinski definition) is 3. The molecule has 0 spiro atoms. The van der Waals surface area contributed by atoms with Gasteiger partial charge in [0, 0.05) is 29.4 Å². The van der Waals surface area contributed by atoms with E-state index in [-0.39, 0.29) is 18.5 Å². The zero-order valence-electron chi connectivity index (χ0n) is 16.5.